The van der Waals surface area contributed by atoms with Crippen molar-refractivity contribution in [3.8, 4) is 17.1 Å². The Balaban J connectivity index is 1.57. The molecule has 0 fully saturated rings. The monoisotopic (exact) mass is 618 g/mol. The molecule has 0 aliphatic rings. The lowest BCUT2D eigenvalue weighted by Gasteiger charge is -2.19. The Kier molecular flexibility index (Phi) is 6.60. The van der Waals surface area contributed by atoms with Crippen molar-refractivity contribution >= 4 is 64.1 Å². The summed E-state index contributed by atoms with van der Waals surface area (Å²) in [4.78, 5) is 5.03. The Bertz CT molecular complexity index is 2500. The van der Waals surface area contributed by atoms with E-state index in [2.05, 4.69) is 150 Å². The summed E-state index contributed by atoms with van der Waals surface area (Å²) in [6, 6.07) is 31.8. The number of hydrogen-bond acceptors (Lipinski definition) is 2. The van der Waals surface area contributed by atoms with Crippen LogP contribution in [-0.2, 0) is 7.05 Å². The van der Waals surface area contributed by atoms with Crippen LogP contribution in [-0.4, -0.2) is 9.55 Å². The third kappa shape index (κ3) is 4.09. The van der Waals surface area contributed by atoms with Crippen LogP contribution in [0.4, 0.5) is 0 Å². The summed E-state index contributed by atoms with van der Waals surface area (Å²) in [5.74, 6) is 1.95. The van der Waals surface area contributed by atoms with Crippen molar-refractivity contribution in [1.29, 1.82) is 0 Å². The number of pyridine rings is 1. The molecule has 0 saturated heterocycles. The maximum atomic E-state index is 5.03. The summed E-state index contributed by atoms with van der Waals surface area (Å²) in [7, 11) is 2.24. The molecule has 0 unspecified atom stereocenters. The van der Waals surface area contributed by atoms with Crippen LogP contribution in [0.3, 0.4) is 0 Å². The number of aromatic nitrogens is 3. The van der Waals surface area contributed by atoms with Crippen molar-refractivity contribution in [2.24, 2.45) is 7.05 Å². The average molecular weight is 619 g/mol. The highest BCUT2D eigenvalue weighted by molar-refractivity contribution is 7.26. The van der Waals surface area contributed by atoms with Crippen LogP contribution in [0.1, 0.15) is 67.6 Å². The van der Waals surface area contributed by atoms with Gasteiger partial charge in [0.25, 0.3) is 5.82 Å². The number of rotatable bonds is 4. The van der Waals surface area contributed by atoms with Gasteiger partial charge in [-0.15, -0.1) is 11.3 Å². The summed E-state index contributed by atoms with van der Waals surface area (Å²) in [6.07, 6.45) is 0. The minimum Gasteiger partial charge on any atom is -0.254 e. The smallest absolute Gasteiger partial charge is 0.254 e. The van der Waals surface area contributed by atoms with Gasteiger partial charge in [-0.3, -0.25) is 4.98 Å². The Labute approximate surface area is 274 Å². The number of imidazole rings is 1. The lowest BCUT2D eigenvalue weighted by atomic mass is 9.92. The van der Waals surface area contributed by atoms with Gasteiger partial charge in [-0.1, -0.05) is 100 Å². The van der Waals surface area contributed by atoms with E-state index in [-0.39, 0.29) is 0 Å². The largest absolute Gasteiger partial charge is 0.296 e. The van der Waals surface area contributed by atoms with Gasteiger partial charge in [0.1, 0.15) is 5.69 Å². The second-order valence-electron chi connectivity index (χ2n) is 13.6. The highest BCUT2D eigenvalue weighted by Gasteiger charge is 2.34. The standard InChI is InChI=1S/C42H40N3S/c1-23(2)29-14-11-15-30(24(3)4)40(29)45-39-27(7)43-26(6)22-35(39)44(8)42(45)37-25(5)16-18-34-38-33-19-17-28-12-9-10-13-31(28)32(33)20-21-36(38)46-41(34)37/h9-24H,1-8H3/q+1. The minimum absolute atomic E-state index is 0.366. The molecule has 4 heteroatoms. The summed E-state index contributed by atoms with van der Waals surface area (Å²) in [5, 5.41) is 7.91. The topological polar surface area (TPSA) is 21.7 Å². The molecule has 0 aliphatic heterocycles. The average Bonchev–Trinajstić information content (AvgIpc) is 3.55. The number of thiophene rings is 1. The number of hydrogen-bond donors (Lipinski definition) is 0. The van der Waals surface area contributed by atoms with Gasteiger partial charge in [-0.25, -0.2) is 4.57 Å². The molecule has 8 rings (SSSR count). The molecule has 0 radical (unpaired) electrons. The van der Waals surface area contributed by atoms with Crippen molar-refractivity contribution in [2.45, 2.75) is 60.3 Å². The lowest BCUT2D eigenvalue weighted by Crippen LogP contribution is -2.37. The van der Waals surface area contributed by atoms with E-state index < -0.39 is 0 Å². The Morgan fingerprint density at radius 2 is 1.41 bits per heavy atom. The zero-order valence-corrected chi connectivity index (χ0v) is 28.8. The maximum absolute atomic E-state index is 5.03. The highest BCUT2D eigenvalue weighted by atomic mass is 32.1. The van der Waals surface area contributed by atoms with E-state index in [1.807, 2.05) is 11.3 Å². The van der Waals surface area contributed by atoms with Crippen LogP contribution in [0.25, 0.3) is 69.8 Å². The number of aryl methyl sites for hydroxylation is 4. The summed E-state index contributed by atoms with van der Waals surface area (Å²) < 4.78 is 7.66. The van der Waals surface area contributed by atoms with E-state index in [1.54, 1.807) is 0 Å². The molecule has 0 spiro atoms. The van der Waals surface area contributed by atoms with Crippen molar-refractivity contribution in [2.75, 3.05) is 0 Å². The Hall–Kier alpha value is -4.54. The van der Waals surface area contributed by atoms with Gasteiger partial charge < -0.3 is 0 Å². The van der Waals surface area contributed by atoms with E-state index in [0.29, 0.717) is 11.8 Å². The normalized spacial score (nSPS) is 12.3. The number of para-hydroxylation sites is 1. The van der Waals surface area contributed by atoms with E-state index in [9.17, 15) is 0 Å². The van der Waals surface area contributed by atoms with Gasteiger partial charge in [0, 0.05) is 38.4 Å². The molecule has 3 heterocycles. The first-order valence-corrected chi connectivity index (χ1v) is 17.3. The lowest BCUT2D eigenvalue weighted by molar-refractivity contribution is -0.557. The number of fused-ring (bicyclic) bond motifs is 8. The van der Waals surface area contributed by atoms with Crippen LogP contribution in [0.2, 0.25) is 0 Å². The van der Waals surface area contributed by atoms with E-state index in [0.717, 1.165) is 11.4 Å². The zero-order chi connectivity index (χ0) is 32.0. The highest BCUT2D eigenvalue weighted by Crippen LogP contribution is 2.45. The molecule has 0 atom stereocenters. The first kappa shape index (κ1) is 28.9. The zero-order valence-electron chi connectivity index (χ0n) is 28.0. The fourth-order valence-electron chi connectivity index (χ4n) is 7.77. The molecule has 0 aliphatic carbocycles. The molecule has 0 N–H and O–H groups in total. The van der Waals surface area contributed by atoms with E-state index in [1.165, 1.54) is 86.5 Å². The van der Waals surface area contributed by atoms with Crippen LogP contribution in [0.5, 0.6) is 0 Å². The molecule has 228 valence electrons. The SMILES string of the molecule is Cc1cc2c(c(C)n1)[n+](-c1c(C(C)C)cccc1C(C)C)c(-c1c(C)ccc3c1sc1ccc4c5ccccc5ccc4c13)n2C. The first-order chi connectivity index (χ1) is 22.2. The minimum atomic E-state index is 0.366. The Morgan fingerprint density at radius 1 is 0.717 bits per heavy atom. The van der Waals surface area contributed by atoms with Gasteiger partial charge in [0.15, 0.2) is 5.52 Å². The Morgan fingerprint density at radius 3 is 2.15 bits per heavy atom. The van der Waals surface area contributed by atoms with Crippen LogP contribution in [0, 0.1) is 20.8 Å². The van der Waals surface area contributed by atoms with Crippen LogP contribution in [0.15, 0.2) is 84.9 Å². The van der Waals surface area contributed by atoms with Gasteiger partial charge in [-0.05, 0) is 65.8 Å². The van der Waals surface area contributed by atoms with Gasteiger partial charge in [0.2, 0.25) is 5.52 Å². The van der Waals surface area contributed by atoms with E-state index in [4.69, 9.17) is 4.98 Å². The fraction of sp³-hybridized carbons (Fsp3) is 0.238. The third-order valence-electron chi connectivity index (χ3n) is 9.91. The van der Waals surface area contributed by atoms with Crippen molar-refractivity contribution in [1.82, 2.24) is 9.55 Å². The number of nitrogens with zero attached hydrogens (tertiary/aromatic N) is 3. The molecule has 8 aromatic rings. The van der Waals surface area contributed by atoms with E-state index >= 15 is 0 Å². The molecule has 0 amide bonds. The molecule has 5 aromatic carbocycles. The predicted octanol–water partition coefficient (Wildman–Crippen LogP) is 11.4. The van der Waals surface area contributed by atoms with Crippen molar-refractivity contribution < 1.29 is 4.57 Å². The third-order valence-corrected chi connectivity index (χ3v) is 11.1. The molecular weight excluding hydrogens is 579 g/mol. The summed E-state index contributed by atoms with van der Waals surface area (Å²) >= 11 is 1.93. The molecular formula is C42H40N3S+. The van der Waals surface area contributed by atoms with Crippen LogP contribution < -0.4 is 4.57 Å². The number of benzene rings is 5. The van der Waals surface area contributed by atoms with Gasteiger partial charge in [-0.2, -0.15) is 4.57 Å². The fourth-order valence-corrected chi connectivity index (χ4v) is 9.09. The van der Waals surface area contributed by atoms with Crippen molar-refractivity contribution in [3.05, 3.63) is 113 Å². The second-order valence-corrected chi connectivity index (χ2v) is 14.6. The van der Waals surface area contributed by atoms with Crippen molar-refractivity contribution in [3.63, 3.8) is 0 Å². The molecule has 3 aromatic heterocycles. The maximum Gasteiger partial charge on any atom is 0.296 e. The second kappa shape index (κ2) is 10.5. The van der Waals surface area contributed by atoms with Crippen LogP contribution >= 0.6 is 11.3 Å². The molecule has 46 heavy (non-hydrogen) atoms. The molecule has 0 saturated carbocycles. The summed E-state index contributed by atoms with van der Waals surface area (Å²) in [6.45, 7) is 15.8. The van der Waals surface area contributed by atoms with Gasteiger partial charge >= 0.3 is 0 Å². The van der Waals surface area contributed by atoms with Gasteiger partial charge in [0.05, 0.1) is 23.0 Å². The quantitative estimate of drug-likeness (QED) is 0.142. The summed E-state index contributed by atoms with van der Waals surface area (Å²) in [5.41, 5.74) is 11.1. The molecule has 3 nitrogen and oxygen atoms in total. The predicted molar refractivity (Wildman–Crippen MR) is 198 cm³/mol. The first-order valence-electron chi connectivity index (χ1n) is 16.4. The molecule has 0 bridgehead atoms.